The molecule has 0 N–H and O–H groups in total. The zero-order valence-electron chi connectivity index (χ0n) is 15.4. The average Bonchev–Trinajstić information content (AvgIpc) is 3.11. The van der Waals surface area contributed by atoms with Crippen molar-refractivity contribution in [2.75, 3.05) is 0 Å². The third-order valence-corrected chi connectivity index (χ3v) is 6.42. The predicted molar refractivity (Wildman–Crippen MR) is 104 cm³/mol. The Morgan fingerprint density at radius 2 is 1.96 bits per heavy atom. The van der Waals surface area contributed by atoms with Crippen LogP contribution in [0.25, 0.3) is 0 Å². The molecule has 5 unspecified atom stereocenters. The van der Waals surface area contributed by atoms with Crippen LogP contribution < -0.4 is 0 Å². The summed E-state index contributed by atoms with van der Waals surface area (Å²) in [6.45, 7) is 9.40. The molecule has 0 aliphatic heterocycles. The fourth-order valence-corrected chi connectivity index (χ4v) is 4.70. The Bertz CT molecular complexity index is 601. The molecular weight excluding hydrogens is 275 g/mol. The van der Waals surface area contributed by atoms with Crippen LogP contribution in [-0.2, 0) is 0 Å². The zero-order valence-corrected chi connectivity index (χ0v) is 15.4. The van der Waals surface area contributed by atoms with Gasteiger partial charge in [0.05, 0.1) is 0 Å². The second kappa shape index (κ2) is 6.34. The summed E-state index contributed by atoms with van der Waals surface area (Å²) in [4.78, 5) is 0. The van der Waals surface area contributed by atoms with Gasteiger partial charge >= 0.3 is 0 Å². The molecule has 0 nitrogen and oxygen atoms in total. The van der Waals surface area contributed by atoms with E-state index >= 15 is 0 Å². The van der Waals surface area contributed by atoms with Crippen LogP contribution in [0.15, 0.2) is 59.8 Å². The summed E-state index contributed by atoms with van der Waals surface area (Å²) >= 11 is 0. The van der Waals surface area contributed by atoms with E-state index in [0.717, 1.165) is 11.7 Å². The topological polar surface area (TPSA) is 0 Å². The summed E-state index contributed by atoms with van der Waals surface area (Å²) in [6, 6.07) is 0. The fourth-order valence-electron chi connectivity index (χ4n) is 4.70. The predicted octanol–water partition coefficient (Wildman–Crippen LogP) is 5.28. The molecule has 3 aliphatic rings. The van der Waals surface area contributed by atoms with Gasteiger partial charge in [-0.05, 0) is 29.7 Å². The lowest BCUT2D eigenvalue weighted by atomic mass is 9.65. The van der Waals surface area contributed by atoms with Crippen LogP contribution in [0.1, 0.15) is 40.5 Å². The molecule has 0 amide bonds. The van der Waals surface area contributed by atoms with Crippen molar-refractivity contribution in [1.29, 1.82) is 0 Å². The highest BCUT2D eigenvalue weighted by atomic mass is 14.5. The smallest absolute Gasteiger partial charge is 0.0767 e. The maximum absolute atomic E-state index is 2.51. The Morgan fingerprint density at radius 1 is 1.22 bits per heavy atom. The van der Waals surface area contributed by atoms with Crippen molar-refractivity contribution in [2.45, 2.75) is 46.4 Å². The second-order valence-electron chi connectivity index (χ2n) is 8.13. The van der Waals surface area contributed by atoms with E-state index in [1.165, 1.54) is 18.4 Å². The molecule has 0 aromatic rings. The first-order chi connectivity index (χ1) is 11.0. The van der Waals surface area contributed by atoms with Gasteiger partial charge in [0.1, 0.15) is 7.85 Å². The quantitative estimate of drug-likeness (QED) is 0.606. The maximum Gasteiger partial charge on any atom is 0.105 e. The number of hydrogen-bond acceptors (Lipinski definition) is 0. The largest absolute Gasteiger partial charge is 0.105 e. The normalized spacial score (nSPS) is 36.8. The van der Waals surface area contributed by atoms with Crippen LogP contribution in [0, 0.1) is 29.1 Å². The third kappa shape index (κ3) is 2.95. The minimum Gasteiger partial charge on any atom is -0.0767 e. The molecular formula is C22H31B. The summed E-state index contributed by atoms with van der Waals surface area (Å²) in [5.74, 6) is 3.46. The van der Waals surface area contributed by atoms with Crippen LogP contribution in [0.2, 0.25) is 5.82 Å². The monoisotopic (exact) mass is 306 g/mol. The minimum absolute atomic E-state index is 0.268. The van der Waals surface area contributed by atoms with Gasteiger partial charge in [-0.1, -0.05) is 94.1 Å². The fraction of sp³-hybridized carbons (Fsp3) is 0.545. The van der Waals surface area contributed by atoms with Crippen LogP contribution >= 0.6 is 0 Å². The molecule has 3 rings (SSSR count). The summed E-state index contributed by atoms with van der Waals surface area (Å²) in [6.07, 6.45) is 21.6. The van der Waals surface area contributed by atoms with E-state index in [0.29, 0.717) is 17.8 Å². The SMILES string of the molecule is BC1CC1C1(CC)C=CC=CC=C1C(C)C1C=CC(C(C)C)=C1. The molecule has 1 saturated carbocycles. The lowest BCUT2D eigenvalue weighted by molar-refractivity contribution is 0.331. The zero-order chi connectivity index (χ0) is 16.6. The molecule has 1 heteroatoms. The summed E-state index contributed by atoms with van der Waals surface area (Å²) < 4.78 is 0. The van der Waals surface area contributed by atoms with Crippen LogP contribution in [0.5, 0.6) is 0 Å². The van der Waals surface area contributed by atoms with Crippen molar-refractivity contribution in [1.82, 2.24) is 0 Å². The Labute approximate surface area is 143 Å². The van der Waals surface area contributed by atoms with Gasteiger partial charge in [-0.2, -0.15) is 0 Å². The Hall–Kier alpha value is -1.24. The Balaban J connectivity index is 1.92. The van der Waals surface area contributed by atoms with Crippen molar-refractivity contribution in [2.24, 2.45) is 29.1 Å². The molecule has 3 aliphatic carbocycles. The number of hydrogen-bond donors (Lipinski definition) is 0. The van der Waals surface area contributed by atoms with Crippen molar-refractivity contribution in [3.8, 4) is 0 Å². The lowest BCUT2D eigenvalue weighted by Gasteiger charge is -2.38. The Morgan fingerprint density at radius 3 is 2.52 bits per heavy atom. The molecule has 23 heavy (non-hydrogen) atoms. The highest BCUT2D eigenvalue weighted by molar-refractivity contribution is 6.14. The van der Waals surface area contributed by atoms with Crippen molar-refractivity contribution >= 4 is 7.85 Å². The average molecular weight is 306 g/mol. The van der Waals surface area contributed by atoms with E-state index in [1.54, 1.807) is 5.57 Å². The van der Waals surface area contributed by atoms with E-state index in [2.05, 4.69) is 84.1 Å². The van der Waals surface area contributed by atoms with Gasteiger partial charge in [-0.25, -0.2) is 0 Å². The first-order valence-electron chi connectivity index (χ1n) is 9.46. The van der Waals surface area contributed by atoms with Gasteiger partial charge in [0.15, 0.2) is 0 Å². The molecule has 1 fully saturated rings. The Kier molecular flexibility index (Phi) is 4.58. The summed E-state index contributed by atoms with van der Waals surface area (Å²) in [5.41, 5.74) is 3.42. The van der Waals surface area contributed by atoms with E-state index in [-0.39, 0.29) is 5.41 Å². The minimum atomic E-state index is 0.268. The van der Waals surface area contributed by atoms with Gasteiger partial charge in [0, 0.05) is 11.3 Å². The highest BCUT2D eigenvalue weighted by Crippen LogP contribution is 2.61. The molecule has 0 aromatic heterocycles. The molecule has 122 valence electrons. The van der Waals surface area contributed by atoms with E-state index in [9.17, 15) is 0 Å². The molecule has 0 spiro atoms. The van der Waals surface area contributed by atoms with Crippen molar-refractivity contribution in [3.63, 3.8) is 0 Å². The highest BCUT2D eigenvalue weighted by Gasteiger charge is 2.50. The van der Waals surface area contributed by atoms with Crippen molar-refractivity contribution < 1.29 is 0 Å². The van der Waals surface area contributed by atoms with Crippen LogP contribution in [0.3, 0.4) is 0 Å². The standard InChI is InChI=1S/C22H31B/c1-5-22(20-14-21(20)23)12-8-6-7-9-19(22)16(4)18-11-10-17(13-18)15(2)3/h6-13,15-16,18,20-21H,5,14,23H2,1-4H3. The van der Waals surface area contributed by atoms with Crippen LogP contribution in [0.4, 0.5) is 0 Å². The first kappa shape index (κ1) is 16.6. The number of allylic oxidation sites excluding steroid dienone is 10. The van der Waals surface area contributed by atoms with E-state index < -0.39 is 0 Å². The van der Waals surface area contributed by atoms with E-state index in [4.69, 9.17) is 0 Å². The molecule has 0 aromatic carbocycles. The molecule has 0 saturated heterocycles. The van der Waals surface area contributed by atoms with Gasteiger partial charge in [-0.15, -0.1) is 0 Å². The third-order valence-electron chi connectivity index (χ3n) is 6.42. The molecule has 0 radical (unpaired) electrons. The van der Waals surface area contributed by atoms with Gasteiger partial charge in [0.2, 0.25) is 0 Å². The first-order valence-corrected chi connectivity index (χ1v) is 9.46. The molecule has 0 heterocycles. The van der Waals surface area contributed by atoms with Crippen molar-refractivity contribution in [3.05, 3.63) is 59.8 Å². The molecule has 0 bridgehead atoms. The van der Waals surface area contributed by atoms with Gasteiger partial charge in [0.25, 0.3) is 0 Å². The summed E-state index contributed by atoms with van der Waals surface area (Å²) in [7, 11) is 2.42. The van der Waals surface area contributed by atoms with Gasteiger partial charge < -0.3 is 0 Å². The van der Waals surface area contributed by atoms with Gasteiger partial charge in [-0.3, -0.25) is 0 Å². The molecule has 5 atom stereocenters. The summed E-state index contributed by atoms with van der Waals surface area (Å²) in [5, 5.41) is 0. The van der Waals surface area contributed by atoms with E-state index in [1.807, 2.05) is 0 Å². The number of rotatable bonds is 5. The second-order valence-corrected chi connectivity index (χ2v) is 8.13. The lowest BCUT2D eigenvalue weighted by Crippen LogP contribution is -2.29. The van der Waals surface area contributed by atoms with Crippen LogP contribution in [-0.4, -0.2) is 7.85 Å². The maximum atomic E-state index is 2.51.